The van der Waals surface area contributed by atoms with E-state index in [9.17, 15) is 14.9 Å². The first-order valence-corrected chi connectivity index (χ1v) is 9.61. The number of methoxy groups -OCH3 is 1. The summed E-state index contributed by atoms with van der Waals surface area (Å²) < 4.78 is 11.1. The van der Waals surface area contributed by atoms with Gasteiger partial charge in [-0.1, -0.05) is 18.2 Å². The minimum Gasteiger partial charge on any atom is -0.480 e. The van der Waals surface area contributed by atoms with E-state index in [2.05, 4.69) is 41.9 Å². The highest BCUT2D eigenvalue weighted by molar-refractivity contribution is 9.11. The molecule has 0 unspecified atom stereocenters. The van der Waals surface area contributed by atoms with Crippen LogP contribution in [0.5, 0.6) is 5.75 Å². The lowest BCUT2D eigenvalue weighted by molar-refractivity contribution is -0.142. The Morgan fingerprint density at radius 3 is 2.43 bits per heavy atom. The van der Waals surface area contributed by atoms with Crippen LogP contribution in [0.15, 0.2) is 50.9 Å². The second-order valence-electron chi connectivity index (χ2n) is 5.62. The van der Waals surface area contributed by atoms with E-state index in [0.717, 1.165) is 5.56 Å². The topological polar surface area (TPSA) is 88.4 Å². The Hall–Kier alpha value is -2.63. The largest absolute Gasteiger partial charge is 0.480 e. The van der Waals surface area contributed by atoms with Crippen LogP contribution < -0.4 is 10.1 Å². The molecule has 28 heavy (non-hydrogen) atoms. The van der Waals surface area contributed by atoms with Crippen LogP contribution in [-0.4, -0.2) is 25.6 Å². The number of hydrogen-bond donors (Lipinski definition) is 1. The summed E-state index contributed by atoms with van der Waals surface area (Å²) in [4.78, 5) is 23.7. The number of nitriles is 1. The predicted octanol–water partition coefficient (Wildman–Crippen LogP) is 4.62. The summed E-state index contributed by atoms with van der Waals surface area (Å²) in [5.41, 5.74) is 2.08. The second-order valence-corrected chi connectivity index (χ2v) is 7.33. The third-order valence-corrected chi connectivity index (χ3v) is 4.83. The molecule has 2 aromatic rings. The van der Waals surface area contributed by atoms with Crippen LogP contribution in [0.4, 0.5) is 5.69 Å². The Morgan fingerprint density at radius 1 is 1.21 bits per heavy atom. The van der Waals surface area contributed by atoms with Gasteiger partial charge in [-0.3, -0.25) is 4.79 Å². The monoisotopic (exact) mass is 506 g/mol. The number of benzene rings is 2. The first-order chi connectivity index (χ1) is 13.3. The van der Waals surface area contributed by atoms with Crippen molar-refractivity contribution in [3.05, 3.63) is 62.0 Å². The maximum absolute atomic E-state index is 12.4. The van der Waals surface area contributed by atoms with Gasteiger partial charge in [0.2, 0.25) is 0 Å². The number of rotatable bonds is 6. The molecule has 0 fully saturated rings. The van der Waals surface area contributed by atoms with Crippen molar-refractivity contribution in [2.45, 2.75) is 6.92 Å². The van der Waals surface area contributed by atoms with Gasteiger partial charge in [0.1, 0.15) is 17.4 Å². The van der Waals surface area contributed by atoms with Crippen molar-refractivity contribution >= 4 is 55.5 Å². The van der Waals surface area contributed by atoms with Crippen LogP contribution >= 0.6 is 31.9 Å². The van der Waals surface area contributed by atoms with Crippen LogP contribution in [0.1, 0.15) is 11.1 Å². The number of amides is 1. The number of para-hydroxylation sites is 1. The van der Waals surface area contributed by atoms with Crippen molar-refractivity contribution in [1.82, 2.24) is 0 Å². The lowest BCUT2D eigenvalue weighted by Crippen LogP contribution is -2.14. The third-order valence-electron chi connectivity index (χ3n) is 3.65. The van der Waals surface area contributed by atoms with Crippen LogP contribution in [0, 0.1) is 18.3 Å². The summed E-state index contributed by atoms with van der Waals surface area (Å²) in [5, 5.41) is 12.1. The number of carbonyl (C=O) groups excluding carboxylic acids is 2. The highest BCUT2D eigenvalue weighted by Crippen LogP contribution is 2.35. The predicted molar refractivity (Wildman–Crippen MR) is 113 cm³/mol. The molecule has 1 N–H and O–H groups in total. The summed E-state index contributed by atoms with van der Waals surface area (Å²) in [6.07, 6.45) is 1.47. The molecule has 0 aliphatic rings. The van der Waals surface area contributed by atoms with Crippen LogP contribution in [0.25, 0.3) is 6.08 Å². The Balaban J connectivity index is 2.24. The molecular weight excluding hydrogens is 492 g/mol. The molecule has 1 amide bonds. The second kappa shape index (κ2) is 10.1. The van der Waals surface area contributed by atoms with Gasteiger partial charge in [-0.15, -0.1) is 0 Å². The van der Waals surface area contributed by atoms with Gasteiger partial charge >= 0.3 is 5.97 Å². The maximum atomic E-state index is 12.4. The zero-order valence-corrected chi connectivity index (χ0v) is 18.3. The summed E-state index contributed by atoms with van der Waals surface area (Å²) in [5.74, 6) is -0.608. The van der Waals surface area contributed by atoms with Crippen molar-refractivity contribution in [3.63, 3.8) is 0 Å². The van der Waals surface area contributed by atoms with Gasteiger partial charge in [-0.25, -0.2) is 4.79 Å². The normalized spacial score (nSPS) is 10.8. The van der Waals surface area contributed by atoms with E-state index in [-0.39, 0.29) is 12.2 Å². The first-order valence-electron chi connectivity index (χ1n) is 8.03. The van der Waals surface area contributed by atoms with Crippen LogP contribution in [0.3, 0.4) is 0 Å². The van der Waals surface area contributed by atoms with E-state index in [1.807, 2.05) is 25.1 Å². The average molecular weight is 508 g/mol. The molecule has 0 heterocycles. The molecule has 144 valence electrons. The number of ether oxygens (including phenoxy) is 2. The van der Waals surface area contributed by atoms with E-state index in [0.29, 0.717) is 25.9 Å². The van der Waals surface area contributed by atoms with Gasteiger partial charge in [0, 0.05) is 5.69 Å². The fraction of sp³-hybridized carbons (Fsp3) is 0.150. The van der Waals surface area contributed by atoms with Gasteiger partial charge in [0.05, 0.1) is 16.1 Å². The quantitative estimate of drug-likeness (QED) is 0.350. The Morgan fingerprint density at radius 2 is 1.86 bits per heavy atom. The van der Waals surface area contributed by atoms with Crippen molar-refractivity contribution in [3.8, 4) is 11.8 Å². The Labute approximate surface area is 179 Å². The van der Waals surface area contributed by atoms with E-state index in [1.165, 1.54) is 13.2 Å². The SMILES string of the molecule is COC(=O)COc1c(Br)cc(/C=C(/C#N)C(=O)Nc2ccccc2C)cc1Br. The Kier molecular flexibility index (Phi) is 7.79. The number of hydrogen-bond acceptors (Lipinski definition) is 5. The molecule has 2 aromatic carbocycles. The van der Waals surface area contributed by atoms with Crippen molar-refractivity contribution < 1.29 is 19.1 Å². The van der Waals surface area contributed by atoms with E-state index >= 15 is 0 Å². The summed E-state index contributed by atoms with van der Waals surface area (Å²) in [6.45, 7) is 1.62. The van der Waals surface area contributed by atoms with Gasteiger partial charge in [0.25, 0.3) is 5.91 Å². The zero-order valence-electron chi connectivity index (χ0n) is 15.1. The average Bonchev–Trinajstić information content (AvgIpc) is 2.66. The molecule has 0 aliphatic carbocycles. The first kappa shape index (κ1) is 21.7. The fourth-order valence-electron chi connectivity index (χ4n) is 2.21. The van der Waals surface area contributed by atoms with E-state index < -0.39 is 11.9 Å². The van der Waals surface area contributed by atoms with Crippen molar-refractivity contribution in [2.24, 2.45) is 0 Å². The number of anilines is 1. The number of carbonyl (C=O) groups is 2. The van der Waals surface area contributed by atoms with Gasteiger partial charge < -0.3 is 14.8 Å². The van der Waals surface area contributed by atoms with Gasteiger partial charge in [-0.05, 0) is 74.2 Å². The number of halogens is 2. The molecule has 0 radical (unpaired) electrons. The summed E-state index contributed by atoms with van der Waals surface area (Å²) in [6, 6.07) is 12.6. The zero-order chi connectivity index (χ0) is 20.7. The third kappa shape index (κ3) is 5.68. The Bertz CT molecular complexity index is 957. The molecule has 0 bridgehead atoms. The lowest BCUT2D eigenvalue weighted by atomic mass is 10.1. The highest BCUT2D eigenvalue weighted by atomic mass is 79.9. The van der Waals surface area contributed by atoms with Crippen molar-refractivity contribution in [2.75, 3.05) is 19.0 Å². The molecule has 6 nitrogen and oxygen atoms in total. The van der Waals surface area contributed by atoms with Crippen LogP contribution in [0.2, 0.25) is 0 Å². The molecule has 0 atom stereocenters. The lowest BCUT2D eigenvalue weighted by Gasteiger charge is -2.11. The van der Waals surface area contributed by atoms with E-state index in [4.69, 9.17) is 4.74 Å². The molecule has 0 spiro atoms. The van der Waals surface area contributed by atoms with Gasteiger partial charge in [0.15, 0.2) is 6.61 Å². The summed E-state index contributed by atoms with van der Waals surface area (Å²) in [7, 11) is 1.27. The number of nitrogens with one attached hydrogen (secondary N) is 1. The molecule has 0 aromatic heterocycles. The molecular formula is C20H16Br2N2O4. The smallest absolute Gasteiger partial charge is 0.343 e. The molecule has 0 saturated heterocycles. The number of aryl methyl sites for hydroxylation is 1. The fourth-order valence-corrected chi connectivity index (χ4v) is 3.66. The maximum Gasteiger partial charge on any atom is 0.343 e. The highest BCUT2D eigenvalue weighted by Gasteiger charge is 2.14. The van der Waals surface area contributed by atoms with Crippen LogP contribution in [-0.2, 0) is 14.3 Å². The standard InChI is InChI=1S/C20H16Br2N2O4/c1-12-5-3-4-6-17(12)24-20(26)14(10-23)7-13-8-15(21)19(16(22)9-13)28-11-18(25)27-2/h3-9H,11H2,1-2H3,(H,24,26)/b14-7-. The minimum absolute atomic E-state index is 0.0507. The number of nitrogens with zero attached hydrogens (tertiary/aromatic N) is 1. The number of esters is 1. The minimum atomic E-state index is -0.512. The van der Waals surface area contributed by atoms with Crippen molar-refractivity contribution in [1.29, 1.82) is 5.26 Å². The molecule has 8 heteroatoms. The molecule has 0 aliphatic heterocycles. The summed E-state index contributed by atoms with van der Waals surface area (Å²) >= 11 is 6.72. The van der Waals surface area contributed by atoms with Gasteiger partial charge in [-0.2, -0.15) is 5.26 Å². The molecule has 2 rings (SSSR count). The van der Waals surface area contributed by atoms with E-state index in [1.54, 1.807) is 24.3 Å². The molecule has 0 saturated carbocycles.